The zero-order valence-electron chi connectivity index (χ0n) is 17.2. The van der Waals surface area contributed by atoms with E-state index in [4.69, 9.17) is 20.8 Å². The molecule has 2 saturated heterocycles. The van der Waals surface area contributed by atoms with Gasteiger partial charge in [-0.3, -0.25) is 9.69 Å². The number of furan rings is 1. The van der Waals surface area contributed by atoms with Gasteiger partial charge >= 0.3 is 0 Å². The van der Waals surface area contributed by atoms with Crippen LogP contribution < -0.4 is 5.32 Å². The highest BCUT2D eigenvalue weighted by Gasteiger charge is 2.43. The molecular weight excluding hydrogens is 400 g/mol. The van der Waals surface area contributed by atoms with E-state index in [-0.39, 0.29) is 11.8 Å². The van der Waals surface area contributed by atoms with Gasteiger partial charge in [0.25, 0.3) is 0 Å². The first-order valence-electron chi connectivity index (χ1n) is 11.1. The number of fused-ring (bicyclic) bond motifs is 2. The minimum atomic E-state index is 0.127. The predicted octanol–water partition coefficient (Wildman–Crippen LogP) is 4.35. The number of benzene rings is 1. The summed E-state index contributed by atoms with van der Waals surface area (Å²) in [5.41, 5.74) is 0.931. The summed E-state index contributed by atoms with van der Waals surface area (Å²) in [6.45, 7) is 4.25. The third kappa shape index (κ3) is 4.16. The summed E-state index contributed by atoms with van der Waals surface area (Å²) in [6.07, 6.45) is 4.10. The van der Waals surface area contributed by atoms with Gasteiger partial charge in [0.2, 0.25) is 5.91 Å². The molecule has 1 N–H and O–H groups in total. The summed E-state index contributed by atoms with van der Waals surface area (Å²) in [6, 6.07) is 12.2. The van der Waals surface area contributed by atoms with Gasteiger partial charge in [0.05, 0.1) is 11.6 Å². The zero-order valence-corrected chi connectivity index (χ0v) is 17.9. The Bertz CT molecular complexity index is 878. The van der Waals surface area contributed by atoms with Gasteiger partial charge in [-0.2, -0.15) is 0 Å². The van der Waals surface area contributed by atoms with Crippen LogP contribution in [0.2, 0.25) is 5.02 Å². The molecule has 2 bridgehead atoms. The summed E-state index contributed by atoms with van der Waals surface area (Å²) in [7, 11) is 0. The summed E-state index contributed by atoms with van der Waals surface area (Å²) >= 11 is 6.31. The van der Waals surface area contributed by atoms with Gasteiger partial charge in [-0.1, -0.05) is 23.7 Å². The molecule has 1 unspecified atom stereocenters. The van der Waals surface area contributed by atoms with Crippen molar-refractivity contribution in [2.45, 2.75) is 38.3 Å². The number of hydrogen-bond acceptors (Lipinski definition) is 4. The highest BCUT2D eigenvalue weighted by molar-refractivity contribution is 6.33. The molecule has 1 aromatic heterocycles. The van der Waals surface area contributed by atoms with Gasteiger partial charge in [0.15, 0.2) is 0 Å². The predicted molar refractivity (Wildman–Crippen MR) is 116 cm³/mol. The number of nitrogens with zero attached hydrogens (tertiary/aromatic N) is 1. The van der Waals surface area contributed by atoms with Crippen molar-refractivity contribution in [3.8, 4) is 11.3 Å². The minimum Gasteiger partial charge on any atom is -0.460 e. The molecule has 3 aliphatic rings. The number of carbonyl (C=O) groups excluding carboxylic acids is 1. The van der Waals surface area contributed by atoms with Crippen molar-refractivity contribution in [1.29, 1.82) is 0 Å². The van der Waals surface area contributed by atoms with E-state index in [0.29, 0.717) is 36.1 Å². The Kier molecular flexibility index (Phi) is 5.85. The maximum atomic E-state index is 12.7. The summed E-state index contributed by atoms with van der Waals surface area (Å²) in [5.74, 6) is 3.22. The average molecular weight is 429 g/mol. The number of likely N-dealkylation sites (tertiary alicyclic amines) is 1. The van der Waals surface area contributed by atoms with Crippen molar-refractivity contribution in [3.05, 3.63) is 47.2 Å². The molecule has 2 aromatic rings. The van der Waals surface area contributed by atoms with Crippen molar-refractivity contribution in [1.82, 2.24) is 10.2 Å². The molecule has 6 heteroatoms. The number of piperidine rings is 1. The number of carbonyl (C=O) groups is 1. The van der Waals surface area contributed by atoms with Gasteiger partial charge in [0.1, 0.15) is 11.5 Å². The topological polar surface area (TPSA) is 54.7 Å². The fraction of sp³-hybridized carbons (Fsp3) is 0.542. The van der Waals surface area contributed by atoms with Crippen LogP contribution in [0.1, 0.15) is 31.4 Å². The standard InChI is InChI=1S/C24H29ClN2O3/c25-21-4-2-1-3-20(21)22-8-7-19(30-22)15-27-13-17-5-6-18(14-27)23(17)26-24(28)16-9-11-29-12-10-16/h1-4,7-8,16-18,23H,5-6,9-15H2,(H,26,28)/t17-,18+,23?. The lowest BCUT2D eigenvalue weighted by Crippen LogP contribution is -2.53. The number of rotatable bonds is 5. The summed E-state index contributed by atoms with van der Waals surface area (Å²) < 4.78 is 11.5. The first-order chi connectivity index (χ1) is 14.7. The van der Waals surface area contributed by atoms with Crippen LogP contribution in [0.25, 0.3) is 11.3 Å². The summed E-state index contributed by atoms with van der Waals surface area (Å²) in [4.78, 5) is 15.2. The quantitative estimate of drug-likeness (QED) is 0.769. The minimum absolute atomic E-state index is 0.127. The molecular formula is C24H29ClN2O3. The monoisotopic (exact) mass is 428 g/mol. The van der Waals surface area contributed by atoms with Crippen LogP contribution in [0.5, 0.6) is 0 Å². The molecule has 5 nitrogen and oxygen atoms in total. The molecule has 1 aromatic carbocycles. The van der Waals surface area contributed by atoms with Crippen LogP contribution in [0.3, 0.4) is 0 Å². The van der Waals surface area contributed by atoms with Crippen LogP contribution in [-0.2, 0) is 16.1 Å². The molecule has 3 fully saturated rings. The molecule has 3 heterocycles. The van der Waals surface area contributed by atoms with Crippen LogP contribution in [0.4, 0.5) is 0 Å². The van der Waals surface area contributed by atoms with E-state index < -0.39 is 0 Å². The van der Waals surface area contributed by atoms with E-state index in [9.17, 15) is 4.79 Å². The SMILES string of the molecule is O=C(NC1[C@@H]2CC[C@H]1CN(Cc1ccc(-c3ccccc3Cl)o1)C2)C1CCOCC1. The number of amides is 1. The van der Waals surface area contributed by atoms with Crippen molar-refractivity contribution in [2.24, 2.45) is 17.8 Å². The van der Waals surface area contributed by atoms with Crippen LogP contribution >= 0.6 is 11.6 Å². The Morgan fingerprint density at radius 3 is 2.50 bits per heavy atom. The maximum absolute atomic E-state index is 12.7. The average Bonchev–Trinajstić information content (AvgIpc) is 3.30. The van der Waals surface area contributed by atoms with Crippen molar-refractivity contribution in [2.75, 3.05) is 26.3 Å². The lowest BCUT2D eigenvalue weighted by atomic mass is 9.90. The van der Waals surface area contributed by atoms with E-state index in [2.05, 4.69) is 16.3 Å². The van der Waals surface area contributed by atoms with E-state index in [1.807, 2.05) is 30.3 Å². The molecule has 3 atom stereocenters. The van der Waals surface area contributed by atoms with E-state index in [0.717, 1.165) is 49.6 Å². The van der Waals surface area contributed by atoms with Gasteiger partial charge in [0, 0.05) is 43.8 Å². The lowest BCUT2D eigenvalue weighted by molar-refractivity contribution is -0.129. The second-order valence-corrected chi connectivity index (χ2v) is 9.37. The van der Waals surface area contributed by atoms with E-state index in [1.165, 1.54) is 12.8 Å². The Morgan fingerprint density at radius 2 is 1.77 bits per heavy atom. The highest BCUT2D eigenvalue weighted by atomic mass is 35.5. The Balaban J connectivity index is 1.19. The number of ether oxygens (including phenoxy) is 1. The molecule has 0 spiro atoms. The fourth-order valence-electron chi connectivity index (χ4n) is 5.42. The third-order valence-corrected chi connectivity index (χ3v) is 7.32. The molecule has 1 amide bonds. The molecule has 30 heavy (non-hydrogen) atoms. The largest absolute Gasteiger partial charge is 0.460 e. The molecule has 0 radical (unpaired) electrons. The van der Waals surface area contributed by atoms with Crippen molar-refractivity contribution < 1.29 is 13.9 Å². The van der Waals surface area contributed by atoms with Crippen LogP contribution in [0, 0.1) is 17.8 Å². The molecule has 1 aliphatic carbocycles. The normalized spacial score (nSPS) is 27.3. The van der Waals surface area contributed by atoms with E-state index in [1.54, 1.807) is 0 Å². The first-order valence-corrected chi connectivity index (χ1v) is 11.5. The lowest BCUT2D eigenvalue weighted by Gasteiger charge is -2.38. The Hall–Kier alpha value is -1.82. The van der Waals surface area contributed by atoms with Gasteiger partial charge in [-0.25, -0.2) is 0 Å². The van der Waals surface area contributed by atoms with E-state index >= 15 is 0 Å². The summed E-state index contributed by atoms with van der Waals surface area (Å²) in [5, 5.41) is 4.11. The molecule has 2 aliphatic heterocycles. The van der Waals surface area contributed by atoms with Crippen molar-refractivity contribution in [3.63, 3.8) is 0 Å². The van der Waals surface area contributed by atoms with Crippen LogP contribution in [0.15, 0.2) is 40.8 Å². The molecule has 5 rings (SSSR count). The molecule has 160 valence electrons. The smallest absolute Gasteiger partial charge is 0.223 e. The third-order valence-electron chi connectivity index (χ3n) is 6.99. The van der Waals surface area contributed by atoms with Gasteiger partial charge < -0.3 is 14.5 Å². The van der Waals surface area contributed by atoms with Crippen molar-refractivity contribution >= 4 is 17.5 Å². The second-order valence-electron chi connectivity index (χ2n) is 8.96. The Morgan fingerprint density at radius 1 is 1.03 bits per heavy atom. The first kappa shape index (κ1) is 20.1. The maximum Gasteiger partial charge on any atom is 0.223 e. The number of halogens is 1. The number of nitrogens with one attached hydrogen (secondary N) is 1. The fourth-order valence-corrected chi connectivity index (χ4v) is 5.64. The Labute approximate surface area is 182 Å². The second kappa shape index (κ2) is 8.74. The zero-order chi connectivity index (χ0) is 20.5. The van der Waals surface area contributed by atoms with Gasteiger partial charge in [-0.05, 0) is 61.8 Å². The highest BCUT2D eigenvalue weighted by Crippen LogP contribution is 2.38. The molecule has 1 saturated carbocycles. The van der Waals surface area contributed by atoms with Gasteiger partial charge in [-0.15, -0.1) is 0 Å². The number of hydrogen-bond donors (Lipinski definition) is 1. The van der Waals surface area contributed by atoms with Crippen LogP contribution in [-0.4, -0.2) is 43.2 Å².